The fraction of sp³-hybridized carbons (Fsp3) is 0.400. The van der Waals surface area contributed by atoms with Crippen LogP contribution in [-0.2, 0) is 11.4 Å². The van der Waals surface area contributed by atoms with E-state index in [1.807, 2.05) is 26.0 Å². The van der Waals surface area contributed by atoms with Gasteiger partial charge >= 0.3 is 0 Å². The first-order chi connectivity index (χ1) is 6.20. The molecule has 13 heavy (non-hydrogen) atoms. The van der Waals surface area contributed by atoms with Crippen LogP contribution >= 0.6 is 0 Å². The molecule has 0 radical (unpaired) electrons. The van der Waals surface area contributed by atoms with Gasteiger partial charge in [0.1, 0.15) is 5.75 Å². The average molecular weight is 181 g/mol. The number of methoxy groups -OCH3 is 1. The van der Waals surface area contributed by atoms with Gasteiger partial charge in [-0.05, 0) is 30.5 Å². The van der Waals surface area contributed by atoms with Crippen LogP contribution < -0.4 is 10.6 Å². The number of nitrogens with two attached hydrogens (primary N) is 1. The standard InChI is InChI=1S/C10H15NO2/c1-7-4-5-9(6-13-11)8(2)10(7)12-3/h4-5H,6,11H2,1-3H3. The minimum Gasteiger partial charge on any atom is -0.496 e. The van der Waals surface area contributed by atoms with E-state index in [9.17, 15) is 0 Å². The Kier molecular flexibility index (Phi) is 3.28. The molecule has 72 valence electrons. The predicted molar refractivity (Wildman–Crippen MR) is 51.4 cm³/mol. The number of aryl methyl sites for hydroxylation is 1. The summed E-state index contributed by atoms with van der Waals surface area (Å²) in [7, 11) is 1.67. The highest BCUT2D eigenvalue weighted by Crippen LogP contribution is 2.25. The monoisotopic (exact) mass is 181 g/mol. The fourth-order valence-corrected chi connectivity index (χ4v) is 1.43. The maximum Gasteiger partial charge on any atom is 0.125 e. The summed E-state index contributed by atoms with van der Waals surface area (Å²) in [6, 6.07) is 4.00. The molecule has 3 nitrogen and oxygen atoms in total. The summed E-state index contributed by atoms with van der Waals surface area (Å²) >= 11 is 0. The molecule has 0 aliphatic heterocycles. The summed E-state index contributed by atoms with van der Waals surface area (Å²) in [4.78, 5) is 4.59. The predicted octanol–water partition coefficient (Wildman–Crippen LogP) is 1.70. The summed E-state index contributed by atoms with van der Waals surface area (Å²) in [6.07, 6.45) is 0. The Morgan fingerprint density at radius 2 is 2.00 bits per heavy atom. The van der Waals surface area contributed by atoms with Gasteiger partial charge in [0.25, 0.3) is 0 Å². The Morgan fingerprint density at radius 3 is 2.54 bits per heavy atom. The first kappa shape index (κ1) is 10.0. The SMILES string of the molecule is COc1c(C)ccc(CON)c1C. The van der Waals surface area contributed by atoms with E-state index in [0.29, 0.717) is 6.61 Å². The van der Waals surface area contributed by atoms with Gasteiger partial charge in [0.15, 0.2) is 0 Å². The Hall–Kier alpha value is -1.06. The van der Waals surface area contributed by atoms with E-state index in [1.165, 1.54) is 0 Å². The quantitative estimate of drug-likeness (QED) is 0.722. The van der Waals surface area contributed by atoms with Crippen molar-refractivity contribution >= 4 is 0 Å². The molecule has 0 amide bonds. The van der Waals surface area contributed by atoms with E-state index < -0.39 is 0 Å². The molecule has 0 saturated carbocycles. The van der Waals surface area contributed by atoms with E-state index in [4.69, 9.17) is 10.6 Å². The molecule has 1 aromatic carbocycles. The van der Waals surface area contributed by atoms with Gasteiger partial charge in [-0.25, -0.2) is 5.90 Å². The zero-order valence-electron chi connectivity index (χ0n) is 8.26. The van der Waals surface area contributed by atoms with Crippen LogP contribution in [0.2, 0.25) is 0 Å². The Labute approximate surface area is 78.4 Å². The maximum atomic E-state index is 5.27. The van der Waals surface area contributed by atoms with Crippen LogP contribution in [0.3, 0.4) is 0 Å². The lowest BCUT2D eigenvalue weighted by molar-refractivity contribution is 0.123. The Bertz CT molecular complexity index is 297. The highest BCUT2D eigenvalue weighted by Gasteiger charge is 2.06. The molecular weight excluding hydrogens is 166 g/mol. The van der Waals surface area contributed by atoms with Crippen molar-refractivity contribution < 1.29 is 9.57 Å². The summed E-state index contributed by atoms with van der Waals surface area (Å²) in [5.74, 6) is 5.93. The van der Waals surface area contributed by atoms with Gasteiger partial charge in [-0.1, -0.05) is 12.1 Å². The third-order valence-corrected chi connectivity index (χ3v) is 2.16. The zero-order valence-corrected chi connectivity index (χ0v) is 8.26. The highest BCUT2D eigenvalue weighted by atomic mass is 16.6. The third kappa shape index (κ3) is 1.99. The lowest BCUT2D eigenvalue weighted by atomic mass is 10.0. The summed E-state index contributed by atoms with van der Waals surface area (Å²) in [6.45, 7) is 4.43. The molecule has 0 bridgehead atoms. The number of hydrogen-bond donors (Lipinski definition) is 1. The largest absolute Gasteiger partial charge is 0.496 e. The van der Waals surface area contributed by atoms with Gasteiger partial charge < -0.3 is 4.74 Å². The summed E-state index contributed by atoms with van der Waals surface area (Å²) < 4.78 is 5.27. The van der Waals surface area contributed by atoms with Crippen LogP contribution in [0, 0.1) is 13.8 Å². The van der Waals surface area contributed by atoms with Crippen LogP contribution in [0.4, 0.5) is 0 Å². The third-order valence-electron chi connectivity index (χ3n) is 2.16. The van der Waals surface area contributed by atoms with Gasteiger partial charge in [0.2, 0.25) is 0 Å². The first-order valence-electron chi connectivity index (χ1n) is 4.15. The normalized spacial score (nSPS) is 10.2. The van der Waals surface area contributed by atoms with Crippen LogP contribution in [-0.4, -0.2) is 7.11 Å². The second kappa shape index (κ2) is 4.25. The smallest absolute Gasteiger partial charge is 0.125 e. The molecule has 0 aliphatic carbocycles. The number of ether oxygens (including phenoxy) is 1. The van der Waals surface area contributed by atoms with Crippen molar-refractivity contribution in [2.75, 3.05) is 7.11 Å². The van der Waals surface area contributed by atoms with E-state index in [2.05, 4.69) is 4.84 Å². The molecule has 0 saturated heterocycles. The van der Waals surface area contributed by atoms with Gasteiger partial charge in [-0.2, -0.15) is 0 Å². The van der Waals surface area contributed by atoms with Crippen molar-refractivity contribution in [1.82, 2.24) is 0 Å². The maximum absolute atomic E-state index is 5.27. The van der Waals surface area contributed by atoms with Crippen molar-refractivity contribution in [3.05, 3.63) is 28.8 Å². The molecule has 3 heteroatoms. The molecule has 0 unspecified atom stereocenters. The first-order valence-corrected chi connectivity index (χ1v) is 4.15. The van der Waals surface area contributed by atoms with Crippen molar-refractivity contribution in [3.8, 4) is 5.75 Å². The zero-order chi connectivity index (χ0) is 9.84. The molecule has 1 aromatic rings. The summed E-state index contributed by atoms with van der Waals surface area (Å²) in [5, 5.41) is 0. The van der Waals surface area contributed by atoms with E-state index in [-0.39, 0.29) is 0 Å². The minimum absolute atomic E-state index is 0.419. The van der Waals surface area contributed by atoms with E-state index >= 15 is 0 Å². The van der Waals surface area contributed by atoms with Gasteiger partial charge in [-0.15, -0.1) is 0 Å². The lowest BCUT2D eigenvalue weighted by Crippen LogP contribution is -2.02. The second-order valence-electron chi connectivity index (χ2n) is 3.01. The molecule has 2 N–H and O–H groups in total. The lowest BCUT2D eigenvalue weighted by Gasteiger charge is -2.11. The van der Waals surface area contributed by atoms with Crippen molar-refractivity contribution in [3.63, 3.8) is 0 Å². The molecule has 0 aliphatic rings. The molecular formula is C10H15NO2. The molecule has 0 spiro atoms. The van der Waals surface area contributed by atoms with Crippen molar-refractivity contribution in [2.45, 2.75) is 20.5 Å². The van der Waals surface area contributed by atoms with Crippen molar-refractivity contribution in [2.24, 2.45) is 5.90 Å². The molecule has 0 fully saturated rings. The van der Waals surface area contributed by atoms with Crippen LogP contribution in [0.1, 0.15) is 16.7 Å². The molecule has 1 rings (SSSR count). The number of rotatable bonds is 3. The van der Waals surface area contributed by atoms with Crippen LogP contribution in [0.5, 0.6) is 5.75 Å². The highest BCUT2D eigenvalue weighted by molar-refractivity contribution is 5.44. The van der Waals surface area contributed by atoms with Crippen LogP contribution in [0.25, 0.3) is 0 Å². The second-order valence-corrected chi connectivity index (χ2v) is 3.01. The van der Waals surface area contributed by atoms with E-state index in [1.54, 1.807) is 7.11 Å². The molecule has 0 heterocycles. The topological polar surface area (TPSA) is 44.5 Å². The number of benzene rings is 1. The Morgan fingerprint density at radius 1 is 1.31 bits per heavy atom. The van der Waals surface area contributed by atoms with Gasteiger partial charge in [0.05, 0.1) is 13.7 Å². The fourth-order valence-electron chi connectivity index (χ4n) is 1.43. The average Bonchev–Trinajstić information content (AvgIpc) is 2.11. The van der Waals surface area contributed by atoms with E-state index in [0.717, 1.165) is 22.4 Å². The summed E-state index contributed by atoms with van der Waals surface area (Å²) in [5.41, 5.74) is 3.28. The van der Waals surface area contributed by atoms with Gasteiger partial charge in [0, 0.05) is 0 Å². The molecule has 0 aromatic heterocycles. The Balaban J connectivity index is 3.11. The molecule has 0 atom stereocenters. The van der Waals surface area contributed by atoms with Crippen molar-refractivity contribution in [1.29, 1.82) is 0 Å². The van der Waals surface area contributed by atoms with Crippen LogP contribution in [0.15, 0.2) is 12.1 Å². The minimum atomic E-state index is 0.419. The number of hydrogen-bond acceptors (Lipinski definition) is 3. The van der Waals surface area contributed by atoms with Gasteiger partial charge in [-0.3, -0.25) is 4.84 Å².